The number of hydrogen-bond acceptors (Lipinski definition) is 2. The lowest BCUT2D eigenvalue weighted by atomic mass is 10.1. The first-order valence-electron chi connectivity index (χ1n) is 8.20. The number of unbranched alkanes of at least 4 members (excludes halogenated alkanes) is 1. The zero-order chi connectivity index (χ0) is 16.8. The van der Waals surface area contributed by atoms with E-state index in [-0.39, 0.29) is 6.61 Å². The number of carboxylic acids is 1. The molecule has 0 aliphatic carbocycles. The van der Waals surface area contributed by atoms with Crippen LogP contribution in [0.25, 0.3) is 10.9 Å². The van der Waals surface area contributed by atoms with Crippen LogP contribution in [0.2, 0.25) is 0 Å². The summed E-state index contributed by atoms with van der Waals surface area (Å²) in [6.07, 6.45) is 5.37. The summed E-state index contributed by atoms with van der Waals surface area (Å²) in [5.41, 5.74) is 2.46. The molecule has 4 heteroatoms. The molecule has 0 saturated carbocycles. The molecule has 1 N–H and O–H groups in total. The maximum absolute atomic E-state index is 10.7. The Labute approximate surface area is 141 Å². The Balaban J connectivity index is 1.61. The lowest BCUT2D eigenvalue weighted by Crippen LogP contribution is -2.09. The third kappa shape index (κ3) is 3.96. The number of benzene rings is 2. The molecule has 0 spiro atoms. The van der Waals surface area contributed by atoms with E-state index in [0.29, 0.717) is 5.75 Å². The van der Waals surface area contributed by atoms with Gasteiger partial charge in [-0.15, -0.1) is 0 Å². The predicted molar refractivity (Wildman–Crippen MR) is 94.4 cm³/mol. The average molecular weight is 323 g/mol. The quantitative estimate of drug-likeness (QED) is 0.634. The molecular weight excluding hydrogens is 302 g/mol. The normalized spacial score (nSPS) is 10.8. The van der Waals surface area contributed by atoms with Crippen molar-refractivity contribution in [2.24, 2.45) is 0 Å². The minimum absolute atomic E-state index is 0.318. The zero-order valence-electron chi connectivity index (χ0n) is 13.5. The highest BCUT2D eigenvalue weighted by Crippen LogP contribution is 2.27. The van der Waals surface area contributed by atoms with Crippen LogP contribution in [0, 0.1) is 0 Å². The standard InChI is InChI=1S/C20H21NO3/c22-20(23)15-24-19-11-6-10-18-17(19)12-14-21(18)13-5-4-9-16-7-2-1-3-8-16/h1-3,6-8,10-12,14H,4-5,9,13,15H2,(H,22,23). The smallest absolute Gasteiger partial charge is 0.341 e. The van der Waals surface area contributed by atoms with E-state index >= 15 is 0 Å². The van der Waals surface area contributed by atoms with Gasteiger partial charge in [-0.25, -0.2) is 4.79 Å². The lowest BCUT2D eigenvalue weighted by molar-refractivity contribution is -0.139. The van der Waals surface area contributed by atoms with E-state index in [1.54, 1.807) is 0 Å². The van der Waals surface area contributed by atoms with Crippen molar-refractivity contribution < 1.29 is 14.6 Å². The van der Waals surface area contributed by atoms with Crippen LogP contribution in [0.3, 0.4) is 0 Å². The van der Waals surface area contributed by atoms with E-state index < -0.39 is 5.97 Å². The Morgan fingerprint density at radius 3 is 2.62 bits per heavy atom. The zero-order valence-corrected chi connectivity index (χ0v) is 13.5. The summed E-state index contributed by atoms with van der Waals surface area (Å²) in [4.78, 5) is 10.7. The molecule has 24 heavy (non-hydrogen) atoms. The first-order valence-corrected chi connectivity index (χ1v) is 8.20. The molecule has 0 amide bonds. The Morgan fingerprint density at radius 1 is 1.00 bits per heavy atom. The van der Waals surface area contributed by atoms with Crippen molar-refractivity contribution in [2.75, 3.05) is 6.61 Å². The molecule has 0 radical (unpaired) electrons. The van der Waals surface area contributed by atoms with E-state index in [2.05, 4.69) is 28.8 Å². The highest BCUT2D eigenvalue weighted by atomic mass is 16.5. The fourth-order valence-electron chi connectivity index (χ4n) is 2.91. The molecule has 4 nitrogen and oxygen atoms in total. The van der Waals surface area contributed by atoms with Crippen LogP contribution in [-0.2, 0) is 17.8 Å². The molecule has 3 rings (SSSR count). The molecular formula is C20H21NO3. The van der Waals surface area contributed by atoms with Crippen LogP contribution in [0.5, 0.6) is 5.75 Å². The molecule has 0 unspecified atom stereocenters. The second kappa shape index (κ2) is 7.68. The summed E-state index contributed by atoms with van der Waals surface area (Å²) in [5.74, 6) is -0.342. The number of fused-ring (bicyclic) bond motifs is 1. The number of aryl methyl sites for hydroxylation is 2. The Kier molecular flexibility index (Phi) is 5.16. The second-order valence-corrected chi connectivity index (χ2v) is 5.82. The maximum atomic E-state index is 10.7. The van der Waals surface area contributed by atoms with E-state index in [1.165, 1.54) is 5.56 Å². The minimum atomic E-state index is -0.965. The Bertz CT molecular complexity index is 808. The molecule has 1 aromatic heterocycles. The number of aliphatic carboxylic acids is 1. The first kappa shape index (κ1) is 16.1. The van der Waals surface area contributed by atoms with Gasteiger partial charge in [-0.2, -0.15) is 0 Å². The summed E-state index contributed by atoms with van der Waals surface area (Å²) in [6, 6.07) is 18.3. The van der Waals surface area contributed by atoms with Gasteiger partial charge in [0.05, 0.1) is 5.52 Å². The van der Waals surface area contributed by atoms with Crippen molar-refractivity contribution in [1.82, 2.24) is 4.57 Å². The van der Waals surface area contributed by atoms with Crippen LogP contribution in [-0.4, -0.2) is 22.2 Å². The van der Waals surface area contributed by atoms with E-state index in [1.807, 2.05) is 36.5 Å². The van der Waals surface area contributed by atoms with E-state index in [4.69, 9.17) is 9.84 Å². The molecule has 0 aliphatic heterocycles. The van der Waals surface area contributed by atoms with Crippen molar-refractivity contribution in [3.05, 3.63) is 66.4 Å². The molecule has 0 saturated heterocycles. The summed E-state index contributed by atoms with van der Waals surface area (Å²) in [5, 5.41) is 9.72. The van der Waals surface area contributed by atoms with Gasteiger partial charge in [0.15, 0.2) is 6.61 Å². The molecule has 0 bridgehead atoms. The SMILES string of the molecule is O=C(O)COc1cccc2c1ccn2CCCCc1ccccc1. The van der Waals surface area contributed by atoms with Gasteiger partial charge in [0.25, 0.3) is 0 Å². The van der Waals surface area contributed by atoms with Crippen LogP contribution >= 0.6 is 0 Å². The number of aromatic nitrogens is 1. The van der Waals surface area contributed by atoms with Crippen molar-refractivity contribution in [1.29, 1.82) is 0 Å². The van der Waals surface area contributed by atoms with Gasteiger partial charge in [-0.1, -0.05) is 36.4 Å². The molecule has 1 heterocycles. The summed E-state index contributed by atoms with van der Waals surface area (Å²) in [6.45, 7) is 0.625. The van der Waals surface area contributed by atoms with Crippen molar-refractivity contribution in [2.45, 2.75) is 25.8 Å². The minimum Gasteiger partial charge on any atom is -0.481 e. The molecule has 0 aliphatic rings. The van der Waals surface area contributed by atoms with Crippen LogP contribution < -0.4 is 4.74 Å². The van der Waals surface area contributed by atoms with Gasteiger partial charge in [0, 0.05) is 18.1 Å². The van der Waals surface area contributed by atoms with Gasteiger partial charge < -0.3 is 14.4 Å². The summed E-state index contributed by atoms with van der Waals surface area (Å²) in [7, 11) is 0. The van der Waals surface area contributed by atoms with Crippen molar-refractivity contribution in [3.8, 4) is 5.75 Å². The largest absolute Gasteiger partial charge is 0.481 e. The van der Waals surface area contributed by atoms with Crippen molar-refractivity contribution in [3.63, 3.8) is 0 Å². The third-order valence-electron chi connectivity index (χ3n) is 4.08. The van der Waals surface area contributed by atoms with Crippen LogP contribution in [0.15, 0.2) is 60.8 Å². The van der Waals surface area contributed by atoms with Crippen molar-refractivity contribution >= 4 is 16.9 Å². The van der Waals surface area contributed by atoms with E-state index in [9.17, 15) is 4.79 Å². The number of hydrogen-bond donors (Lipinski definition) is 1. The highest BCUT2D eigenvalue weighted by molar-refractivity contribution is 5.86. The molecule has 2 aromatic carbocycles. The van der Waals surface area contributed by atoms with E-state index in [0.717, 1.165) is 36.7 Å². The Hall–Kier alpha value is -2.75. The lowest BCUT2D eigenvalue weighted by Gasteiger charge is -2.08. The molecule has 0 fully saturated rings. The fourth-order valence-corrected chi connectivity index (χ4v) is 2.91. The van der Waals surface area contributed by atoms with Gasteiger partial charge >= 0.3 is 5.97 Å². The number of nitrogens with zero attached hydrogens (tertiary/aromatic N) is 1. The van der Waals surface area contributed by atoms with Gasteiger partial charge in [0.2, 0.25) is 0 Å². The van der Waals surface area contributed by atoms with Gasteiger partial charge in [-0.05, 0) is 43.0 Å². The van der Waals surface area contributed by atoms with Crippen LogP contribution in [0.4, 0.5) is 0 Å². The predicted octanol–water partition coefficient (Wildman–Crippen LogP) is 4.13. The Morgan fingerprint density at radius 2 is 1.83 bits per heavy atom. The number of carbonyl (C=O) groups is 1. The number of rotatable bonds is 8. The molecule has 124 valence electrons. The monoisotopic (exact) mass is 323 g/mol. The van der Waals surface area contributed by atoms with Gasteiger partial charge in [-0.3, -0.25) is 0 Å². The average Bonchev–Trinajstić information content (AvgIpc) is 3.01. The fraction of sp³-hybridized carbons (Fsp3) is 0.250. The molecule has 3 aromatic rings. The van der Waals surface area contributed by atoms with Gasteiger partial charge in [0.1, 0.15) is 5.75 Å². The highest BCUT2D eigenvalue weighted by Gasteiger charge is 2.08. The summed E-state index contributed by atoms with van der Waals surface area (Å²) >= 11 is 0. The molecule has 0 atom stereocenters. The number of carboxylic acid groups (broad SMARTS) is 1. The maximum Gasteiger partial charge on any atom is 0.341 e. The topological polar surface area (TPSA) is 51.5 Å². The summed E-state index contributed by atoms with van der Waals surface area (Å²) < 4.78 is 7.57. The third-order valence-corrected chi connectivity index (χ3v) is 4.08. The second-order valence-electron chi connectivity index (χ2n) is 5.82. The first-order chi connectivity index (χ1) is 11.7. The van der Waals surface area contributed by atoms with Crippen LogP contribution in [0.1, 0.15) is 18.4 Å². The number of ether oxygens (including phenoxy) is 1.